The SMILES string of the molecule is CC(C)C1=CC(O)C(C)(N=O)CC1. The summed E-state index contributed by atoms with van der Waals surface area (Å²) in [6.07, 6.45) is 2.60. The summed E-state index contributed by atoms with van der Waals surface area (Å²) in [5.41, 5.74) is 0.423. The summed E-state index contributed by atoms with van der Waals surface area (Å²) >= 11 is 0. The van der Waals surface area contributed by atoms with Crippen LogP contribution in [0.15, 0.2) is 16.8 Å². The summed E-state index contributed by atoms with van der Waals surface area (Å²) in [4.78, 5) is 10.5. The smallest absolute Gasteiger partial charge is 0.129 e. The van der Waals surface area contributed by atoms with Gasteiger partial charge >= 0.3 is 0 Å². The van der Waals surface area contributed by atoms with Gasteiger partial charge in [-0.15, -0.1) is 0 Å². The second-order valence-electron chi connectivity index (χ2n) is 4.29. The molecule has 2 atom stereocenters. The van der Waals surface area contributed by atoms with Gasteiger partial charge in [-0.1, -0.05) is 30.7 Å². The van der Waals surface area contributed by atoms with Crippen LogP contribution in [0.5, 0.6) is 0 Å². The fraction of sp³-hybridized carbons (Fsp3) is 0.800. The van der Waals surface area contributed by atoms with E-state index in [1.807, 2.05) is 0 Å². The van der Waals surface area contributed by atoms with Gasteiger partial charge < -0.3 is 5.11 Å². The van der Waals surface area contributed by atoms with Crippen LogP contribution >= 0.6 is 0 Å². The molecule has 0 saturated carbocycles. The summed E-state index contributed by atoms with van der Waals surface area (Å²) in [7, 11) is 0. The van der Waals surface area contributed by atoms with Crippen LogP contribution in [0.4, 0.5) is 0 Å². The van der Waals surface area contributed by atoms with Crippen molar-refractivity contribution in [1.82, 2.24) is 0 Å². The van der Waals surface area contributed by atoms with Crippen LogP contribution in [0.2, 0.25) is 0 Å². The molecular formula is C10H17NO2. The normalized spacial score (nSPS) is 34.5. The first kappa shape index (κ1) is 10.4. The van der Waals surface area contributed by atoms with Crippen LogP contribution in [0, 0.1) is 10.8 Å². The third-order valence-corrected chi connectivity index (χ3v) is 2.88. The zero-order chi connectivity index (χ0) is 10.1. The molecule has 0 spiro atoms. The number of hydrogen-bond acceptors (Lipinski definition) is 3. The molecular weight excluding hydrogens is 166 g/mol. The number of aliphatic hydroxyl groups is 1. The Morgan fingerprint density at radius 3 is 2.69 bits per heavy atom. The van der Waals surface area contributed by atoms with Gasteiger partial charge in [0.05, 0.1) is 0 Å². The maximum Gasteiger partial charge on any atom is 0.129 e. The first-order valence-electron chi connectivity index (χ1n) is 4.73. The van der Waals surface area contributed by atoms with Gasteiger partial charge in [0.15, 0.2) is 0 Å². The molecule has 0 bridgehead atoms. The Bertz CT molecular complexity index is 235. The number of hydrogen-bond donors (Lipinski definition) is 1. The van der Waals surface area contributed by atoms with Gasteiger partial charge in [-0.05, 0) is 25.7 Å². The van der Waals surface area contributed by atoms with Gasteiger partial charge in [0.25, 0.3) is 0 Å². The average molecular weight is 183 g/mol. The fourth-order valence-corrected chi connectivity index (χ4v) is 1.59. The lowest BCUT2D eigenvalue weighted by Crippen LogP contribution is -2.39. The molecule has 0 aromatic heterocycles. The lowest BCUT2D eigenvalue weighted by atomic mass is 9.79. The van der Waals surface area contributed by atoms with Crippen LogP contribution < -0.4 is 0 Å². The Labute approximate surface area is 78.8 Å². The third-order valence-electron chi connectivity index (χ3n) is 2.88. The van der Waals surface area contributed by atoms with Gasteiger partial charge in [0, 0.05) is 0 Å². The summed E-state index contributed by atoms with van der Waals surface area (Å²) in [5.74, 6) is 0.450. The quantitative estimate of drug-likeness (QED) is 0.527. The van der Waals surface area contributed by atoms with Crippen molar-refractivity contribution in [3.05, 3.63) is 16.6 Å². The van der Waals surface area contributed by atoms with E-state index in [4.69, 9.17) is 0 Å². The molecule has 3 heteroatoms. The number of aliphatic hydroxyl groups excluding tert-OH is 1. The van der Waals surface area contributed by atoms with Crippen LogP contribution in [0.3, 0.4) is 0 Å². The highest BCUT2D eigenvalue weighted by Crippen LogP contribution is 2.33. The molecule has 0 aromatic rings. The van der Waals surface area contributed by atoms with Crippen LogP contribution in [0.1, 0.15) is 33.6 Å². The maximum atomic E-state index is 10.5. The van der Waals surface area contributed by atoms with Crippen LogP contribution in [-0.4, -0.2) is 16.7 Å². The third kappa shape index (κ3) is 1.97. The molecule has 1 rings (SSSR count). The maximum absolute atomic E-state index is 10.5. The Balaban J connectivity index is 2.83. The summed E-state index contributed by atoms with van der Waals surface area (Å²) in [6, 6.07) is 0. The second kappa shape index (κ2) is 3.58. The first-order valence-corrected chi connectivity index (χ1v) is 4.73. The van der Waals surface area contributed by atoms with Crippen molar-refractivity contribution >= 4 is 0 Å². The van der Waals surface area contributed by atoms with Crippen molar-refractivity contribution < 1.29 is 5.11 Å². The molecule has 1 aliphatic carbocycles. The molecule has 2 unspecified atom stereocenters. The van der Waals surface area contributed by atoms with Gasteiger partial charge in [-0.3, -0.25) is 0 Å². The van der Waals surface area contributed by atoms with Crippen LogP contribution in [0.25, 0.3) is 0 Å². The monoisotopic (exact) mass is 183 g/mol. The predicted octanol–water partition coefficient (Wildman–Crippen LogP) is 2.25. The van der Waals surface area contributed by atoms with E-state index in [0.717, 1.165) is 6.42 Å². The van der Waals surface area contributed by atoms with E-state index < -0.39 is 11.6 Å². The van der Waals surface area contributed by atoms with Gasteiger partial charge in [0.2, 0.25) is 0 Å². The average Bonchev–Trinajstić information content (AvgIpc) is 2.09. The minimum absolute atomic E-state index is 0.450. The van der Waals surface area contributed by atoms with E-state index in [-0.39, 0.29) is 0 Å². The second-order valence-corrected chi connectivity index (χ2v) is 4.29. The molecule has 0 aliphatic heterocycles. The topological polar surface area (TPSA) is 49.7 Å². The zero-order valence-electron chi connectivity index (χ0n) is 8.45. The summed E-state index contributed by atoms with van der Waals surface area (Å²) < 4.78 is 0. The number of nitrogens with zero attached hydrogens (tertiary/aromatic N) is 1. The Morgan fingerprint density at radius 2 is 2.31 bits per heavy atom. The van der Waals surface area contributed by atoms with Gasteiger partial charge in [-0.25, -0.2) is 0 Å². The highest BCUT2D eigenvalue weighted by molar-refractivity contribution is 5.18. The van der Waals surface area contributed by atoms with E-state index in [0.29, 0.717) is 12.3 Å². The Hall–Kier alpha value is -0.700. The van der Waals surface area contributed by atoms with E-state index in [1.165, 1.54) is 5.57 Å². The minimum atomic E-state index is -0.807. The molecule has 74 valence electrons. The van der Waals surface area contributed by atoms with Crippen molar-refractivity contribution in [2.45, 2.75) is 45.3 Å². The van der Waals surface area contributed by atoms with Crippen molar-refractivity contribution in [3.63, 3.8) is 0 Å². The standard InChI is InChI=1S/C10H17NO2/c1-7(2)8-4-5-10(3,11-13)9(12)6-8/h6-7,9,12H,4-5H2,1-3H3. The largest absolute Gasteiger partial charge is 0.386 e. The highest BCUT2D eigenvalue weighted by atomic mass is 16.3. The molecule has 1 N–H and O–H groups in total. The molecule has 0 fully saturated rings. The van der Waals surface area contributed by atoms with Crippen molar-refractivity contribution in [2.24, 2.45) is 11.1 Å². The fourth-order valence-electron chi connectivity index (χ4n) is 1.59. The molecule has 0 amide bonds. The van der Waals surface area contributed by atoms with Gasteiger partial charge in [-0.2, -0.15) is 4.91 Å². The molecule has 3 nitrogen and oxygen atoms in total. The highest BCUT2D eigenvalue weighted by Gasteiger charge is 2.36. The first-order chi connectivity index (χ1) is 5.99. The summed E-state index contributed by atoms with van der Waals surface area (Å²) in [5, 5.41) is 12.7. The van der Waals surface area contributed by atoms with E-state index in [9.17, 15) is 10.0 Å². The molecule has 1 aliphatic rings. The van der Waals surface area contributed by atoms with E-state index in [2.05, 4.69) is 19.0 Å². The Morgan fingerprint density at radius 1 is 1.69 bits per heavy atom. The lowest BCUT2D eigenvalue weighted by molar-refractivity contribution is 0.121. The zero-order valence-corrected chi connectivity index (χ0v) is 8.45. The molecule has 0 heterocycles. The summed E-state index contributed by atoms with van der Waals surface area (Å²) in [6.45, 7) is 5.89. The molecule has 0 radical (unpaired) electrons. The Kier molecular flexibility index (Phi) is 2.86. The van der Waals surface area contributed by atoms with E-state index in [1.54, 1.807) is 13.0 Å². The molecule has 0 saturated heterocycles. The van der Waals surface area contributed by atoms with Crippen molar-refractivity contribution in [3.8, 4) is 0 Å². The number of nitroso groups, excluding NO2 is 1. The molecule has 0 aromatic carbocycles. The minimum Gasteiger partial charge on any atom is -0.386 e. The van der Waals surface area contributed by atoms with E-state index >= 15 is 0 Å². The van der Waals surface area contributed by atoms with Crippen molar-refractivity contribution in [2.75, 3.05) is 0 Å². The number of rotatable bonds is 2. The van der Waals surface area contributed by atoms with Crippen molar-refractivity contribution in [1.29, 1.82) is 0 Å². The molecule has 13 heavy (non-hydrogen) atoms. The predicted molar refractivity (Wildman–Crippen MR) is 52.4 cm³/mol. The number of allylic oxidation sites excluding steroid dienone is 1. The van der Waals surface area contributed by atoms with Crippen LogP contribution in [-0.2, 0) is 0 Å². The lowest BCUT2D eigenvalue weighted by Gasteiger charge is -2.31. The van der Waals surface area contributed by atoms with Gasteiger partial charge in [0.1, 0.15) is 11.6 Å².